The molecule has 4 aliphatic rings. The van der Waals surface area contributed by atoms with E-state index in [0.717, 1.165) is 16.0 Å². The zero-order chi connectivity index (χ0) is 35.5. The molecule has 0 bridgehead atoms. The Balaban J connectivity index is 1.27. The molecule has 8 aromatic carbocycles. The first-order valence-corrected chi connectivity index (χ1v) is 19.1. The minimum Gasteiger partial charge on any atom is -0.312 e. The molecule has 248 valence electrons. The Morgan fingerprint density at radius 2 is 0.759 bits per heavy atom. The van der Waals surface area contributed by atoms with Gasteiger partial charge in [-0.25, -0.2) is 0 Å². The van der Waals surface area contributed by atoms with Crippen LogP contribution in [0.25, 0.3) is 22.3 Å². The lowest BCUT2D eigenvalue weighted by Crippen LogP contribution is -2.69. The lowest BCUT2D eigenvalue weighted by molar-refractivity contribution is 1.26. The van der Waals surface area contributed by atoms with Crippen molar-refractivity contribution in [1.82, 2.24) is 0 Å². The molecule has 0 aromatic heterocycles. The number of fused-ring (bicyclic) bond motifs is 10. The average molecular weight is 700 g/mol. The summed E-state index contributed by atoms with van der Waals surface area (Å²) in [7, 11) is 0. The smallest absolute Gasteiger partial charge is 0.252 e. The molecule has 0 saturated carbocycles. The van der Waals surface area contributed by atoms with Crippen LogP contribution < -0.4 is 42.6 Å². The van der Waals surface area contributed by atoms with E-state index in [0.29, 0.717) is 0 Å². The second-order valence-corrected chi connectivity index (χ2v) is 15.1. The van der Waals surface area contributed by atoms with Crippen LogP contribution in [0.2, 0.25) is 0 Å². The Morgan fingerprint density at radius 3 is 1.31 bits per heavy atom. The molecule has 8 aromatic rings. The monoisotopic (exact) mass is 700 g/mol. The van der Waals surface area contributed by atoms with E-state index in [1.54, 1.807) is 0 Å². The topological polar surface area (TPSA) is 6.48 Å². The summed E-state index contributed by atoms with van der Waals surface area (Å²) in [4.78, 5) is 6.07. The molecule has 4 heterocycles. The third kappa shape index (κ3) is 3.94. The molecular formula is C49H30B2N2S. The van der Waals surface area contributed by atoms with Gasteiger partial charge in [0, 0.05) is 39.6 Å². The molecule has 0 fully saturated rings. The van der Waals surface area contributed by atoms with Gasteiger partial charge in [-0.15, -0.1) is 0 Å². The highest BCUT2D eigenvalue weighted by Gasteiger charge is 2.51. The molecule has 0 saturated heterocycles. The average Bonchev–Trinajstić information content (AvgIpc) is 3.24. The zero-order valence-corrected chi connectivity index (χ0v) is 30.1. The fourth-order valence-electron chi connectivity index (χ4n) is 9.97. The molecule has 0 spiro atoms. The van der Waals surface area contributed by atoms with Crippen LogP contribution in [0, 0.1) is 0 Å². The first-order chi connectivity index (χ1) is 26.8. The predicted octanol–water partition coefficient (Wildman–Crippen LogP) is 8.01. The van der Waals surface area contributed by atoms with Crippen LogP contribution >= 0.6 is 12.2 Å². The van der Waals surface area contributed by atoms with Crippen molar-refractivity contribution in [3.63, 3.8) is 0 Å². The van der Waals surface area contributed by atoms with Gasteiger partial charge in [0.15, 0.2) is 0 Å². The van der Waals surface area contributed by atoms with E-state index in [4.69, 9.17) is 12.2 Å². The van der Waals surface area contributed by atoms with E-state index in [-0.39, 0.29) is 13.4 Å². The fraction of sp³-hybridized carbons (Fsp3) is 0. The molecule has 5 heteroatoms. The largest absolute Gasteiger partial charge is 0.312 e. The maximum atomic E-state index is 6.57. The number of para-hydroxylation sites is 4. The van der Waals surface area contributed by atoms with Crippen LogP contribution in [-0.2, 0) is 0 Å². The number of anilines is 6. The van der Waals surface area contributed by atoms with Crippen LogP contribution in [0.5, 0.6) is 0 Å². The minimum absolute atomic E-state index is 0.0425. The minimum atomic E-state index is 0.0425. The summed E-state index contributed by atoms with van der Waals surface area (Å²) in [6, 6.07) is 67.0. The normalized spacial score (nSPS) is 13.8. The van der Waals surface area contributed by atoms with Crippen molar-refractivity contribution < 1.29 is 0 Å². The number of benzene rings is 8. The Morgan fingerprint density at radius 1 is 0.333 bits per heavy atom. The third-order valence-electron chi connectivity index (χ3n) is 12.1. The number of thiocarbonyl (C=S) groups is 1. The second kappa shape index (κ2) is 11.3. The highest BCUT2D eigenvalue weighted by atomic mass is 32.1. The van der Waals surface area contributed by atoms with Gasteiger partial charge in [0.25, 0.3) is 6.71 Å². The summed E-state index contributed by atoms with van der Waals surface area (Å²) in [6.45, 7) is 0.115. The molecule has 54 heavy (non-hydrogen) atoms. The number of rotatable bonds is 3. The third-order valence-corrected chi connectivity index (χ3v) is 12.5. The van der Waals surface area contributed by atoms with E-state index in [1.807, 2.05) is 0 Å². The maximum absolute atomic E-state index is 6.57. The molecule has 0 N–H and O–H groups in total. The molecular weight excluding hydrogens is 670 g/mol. The molecule has 0 aliphatic carbocycles. The van der Waals surface area contributed by atoms with Crippen molar-refractivity contribution >= 4 is 97.4 Å². The van der Waals surface area contributed by atoms with Gasteiger partial charge in [-0.3, -0.25) is 0 Å². The highest BCUT2D eigenvalue weighted by Crippen LogP contribution is 2.50. The summed E-state index contributed by atoms with van der Waals surface area (Å²) in [5.74, 6) is 0. The molecule has 0 amide bonds. The van der Waals surface area contributed by atoms with Gasteiger partial charge in [-0.05, 0) is 73.8 Å². The highest BCUT2D eigenvalue weighted by molar-refractivity contribution is 7.81. The summed E-state index contributed by atoms with van der Waals surface area (Å²) in [5, 5.41) is 0. The quantitative estimate of drug-likeness (QED) is 0.136. The van der Waals surface area contributed by atoms with Crippen molar-refractivity contribution in [1.29, 1.82) is 0 Å². The number of hydrogen-bond acceptors (Lipinski definition) is 3. The second-order valence-electron chi connectivity index (χ2n) is 14.7. The number of hydrogen-bond donors (Lipinski definition) is 0. The first kappa shape index (κ1) is 30.1. The Labute approximate surface area is 321 Å². The van der Waals surface area contributed by atoms with Gasteiger partial charge >= 0.3 is 0 Å². The van der Waals surface area contributed by atoms with Gasteiger partial charge in [-0.1, -0.05) is 175 Å². The van der Waals surface area contributed by atoms with E-state index in [9.17, 15) is 0 Å². The molecule has 0 unspecified atom stereocenters. The van der Waals surface area contributed by atoms with Gasteiger partial charge in [0.05, 0.1) is 10.6 Å². The summed E-state index contributed by atoms with van der Waals surface area (Å²) >= 11 is 6.57. The van der Waals surface area contributed by atoms with Crippen LogP contribution in [0.3, 0.4) is 0 Å². The van der Waals surface area contributed by atoms with Gasteiger partial charge < -0.3 is 9.80 Å². The fourth-order valence-corrected chi connectivity index (χ4v) is 10.3. The first-order valence-electron chi connectivity index (χ1n) is 18.7. The van der Waals surface area contributed by atoms with Crippen molar-refractivity contribution in [3.05, 3.63) is 193 Å². The van der Waals surface area contributed by atoms with Crippen LogP contribution in [0.1, 0.15) is 11.1 Å². The van der Waals surface area contributed by atoms with E-state index in [2.05, 4.69) is 192 Å². The lowest BCUT2D eigenvalue weighted by Gasteiger charge is -2.50. The van der Waals surface area contributed by atoms with E-state index < -0.39 is 0 Å². The van der Waals surface area contributed by atoms with Crippen LogP contribution in [0.4, 0.5) is 34.1 Å². The standard InChI is InChI=1S/C49H30B2N2S/c54-49-35-20-7-8-23-37(35)50-38-24-9-12-27-41(38)52-42-28-13-10-25-39(42)51-40-26-11-14-29-43(40)53(44-30-36(49)45(50)48(52)46(44)51)47-33(31-16-3-1-4-17-31)21-15-22-34(47)32-18-5-2-6-19-32/h1-30H. The van der Waals surface area contributed by atoms with Gasteiger partial charge in [0.1, 0.15) is 0 Å². The predicted molar refractivity (Wildman–Crippen MR) is 233 cm³/mol. The molecule has 12 rings (SSSR count). The van der Waals surface area contributed by atoms with E-state index >= 15 is 0 Å². The van der Waals surface area contributed by atoms with Gasteiger partial charge in [-0.2, -0.15) is 0 Å². The van der Waals surface area contributed by atoms with Crippen LogP contribution in [0.15, 0.2) is 182 Å². The summed E-state index contributed by atoms with van der Waals surface area (Å²) < 4.78 is 0. The zero-order valence-electron chi connectivity index (χ0n) is 29.3. The van der Waals surface area contributed by atoms with Crippen molar-refractivity contribution in [2.24, 2.45) is 0 Å². The summed E-state index contributed by atoms with van der Waals surface area (Å²) in [6.07, 6.45) is 0. The Kier molecular flexibility index (Phi) is 6.29. The number of nitrogens with zero attached hydrogens (tertiary/aromatic N) is 2. The van der Waals surface area contributed by atoms with Gasteiger partial charge in [0.2, 0.25) is 6.71 Å². The van der Waals surface area contributed by atoms with Crippen molar-refractivity contribution in [2.45, 2.75) is 0 Å². The molecule has 2 nitrogen and oxygen atoms in total. The Bertz CT molecular complexity index is 2820. The lowest BCUT2D eigenvalue weighted by atomic mass is 9.28. The maximum Gasteiger partial charge on any atom is 0.252 e. The molecule has 0 atom stereocenters. The van der Waals surface area contributed by atoms with E-state index in [1.165, 1.54) is 89.2 Å². The van der Waals surface area contributed by atoms with Crippen molar-refractivity contribution in [2.75, 3.05) is 9.80 Å². The SMILES string of the molecule is S=C1c2ccccc2B2c3ccccc3N3c4ccccc4B4c5ccccc5N(c5c(-c6ccccc6)cccc5-c5ccccc5)c5cc1c2c3c54. The van der Waals surface area contributed by atoms with Crippen LogP contribution in [-0.4, -0.2) is 18.3 Å². The Hall–Kier alpha value is -6.42. The molecule has 0 radical (unpaired) electrons. The molecule has 4 aliphatic heterocycles. The summed E-state index contributed by atoms with van der Waals surface area (Å²) in [5.41, 5.74) is 22.3. The van der Waals surface area contributed by atoms with Crippen molar-refractivity contribution in [3.8, 4) is 22.3 Å².